The number of benzene rings is 1. The molecule has 3 rings (SSSR count). The Morgan fingerprint density at radius 3 is 2.59 bits per heavy atom. The lowest BCUT2D eigenvalue weighted by molar-refractivity contribution is 0.0861. The Morgan fingerprint density at radius 2 is 1.85 bits per heavy atom. The maximum Gasteiger partial charge on any atom is 0.287 e. The maximum atomic E-state index is 12.5. The molecule has 1 aromatic carbocycles. The van der Waals surface area contributed by atoms with Crippen molar-refractivity contribution in [1.29, 1.82) is 0 Å². The smallest absolute Gasteiger partial charge is 0.287 e. The van der Waals surface area contributed by atoms with Gasteiger partial charge in [-0.15, -0.1) is 0 Å². The van der Waals surface area contributed by atoms with E-state index in [4.69, 9.17) is 4.42 Å². The molecule has 1 aliphatic carbocycles. The molecule has 2 aromatic rings. The van der Waals surface area contributed by atoms with E-state index >= 15 is 0 Å². The van der Waals surface area contributed by atoms with E-state index in [0.29, 0.717) is 34.9 Å². The van der Waals surface area contributed by atoms with Crippen molar-refractivity contribution in [2.24, 2.45) is 11.8 Å². The molecular formula is C22H29NO3S. The molecule has 0 unspecified atom stereocenters. The molecule has 0 saturated heterocycles. The zero-order chi connectivity index (χ0) is 19.4. The van der Waals surface area contributed by atoms with E-state index in [2.05, 4.69) is 19.2 Å². The third kappa shape index (κ3) is 5.32. The van der Waals surface area contributed by atoms with Crippen molar-refractivity contribution < 1.29 is 13.4 Å². The average Bonchev–Trinajstić information content (AvgIpc) is 3.09. The number of amides is 1. The van der Waals surface area contributed by atoms with Crippen LogP contribution in [0.4, 0.5) is 0 Å². The minimum absolute atomic E-state index is 0.170. The van der Waals surface area contributed by atoms with E-state index in [-0.39, 0.29) is 11.9 Å². The van der Waals surface area contributed by atoms with Gasteiger partial charge in [-0.25, -0.2) is 0 Å². The van der Waals surface area contributed by atoms with Crippen LogP contribution in [0.3, 0.4) is 0 Å². The topological polar surface area (TPSA) is 59.3 Å². The predicted molar refractivity (Wildman–Crippen MR) is 109 cm³/mol. The van der Waals surface area contributed by atoms with Gasteiger partial charge in [0.05, 0.1) is 5.75 Å². The molecule has 0 spiro atoms. The van der Waals surface area contributed by atoms with Gasteiger partial charge in [0.25, 0.3) is 5.91 Å². The van der Waals surface area contributed by atoms with Gasteiger partial charge in [-0.2, -0.15) is 0 Å². The Hall–Kier alpha value is -1.88. The summed E-state index contributed by atoms with van der Waals surface area (Å²) in [5, 5.41) is 3.12. The van der Waals surface area contributed by atoms with Crippen LogP contribution in [0, 0.1) is 18.8 Å². The second-order valence-electron chi connectivity index (χ2n) is 7.83. The fourth-order valence-corrected chi connectivity index (χ4v) is 4.82. The zero-order valence-electron chi connectivity index (χ0n) is 16.4. The summed E-state index contributed by atoms with van der Waals surface area (Å²) in [4.78, 5) is 12.5. The second-order valence-corrected chi connectivity index (χ2v) is 9.28. The Bertz CT molecular complexity index is 796. The number of nitrogens with one attached hydrogen (secondary N) is 1. The van der Waals surface area contributed by atoms with Crippen LogP contribution in [0.1, 0.15) is 60.6 Å². The van der Waals surface area contributed by atoms with E-state index in [0.717, 1.165) is 18.4 Å². The minimum atomic E-state index is -1.07. The number of aryl methyl sites for hydroxylation is 1. The van der Waals surface area contributed by atoms with Gasteiger partial charge in [-0.1, -0.05) is 56.5 Å². The molecule has 4 nitrogen and oxygen atoms in total. The summed E-state index contributed by atoms with van der Waals surface area (Å²) in [6.07, 6.45) is 3.40. The Labute approximate surface area is 164 Å². The second kappa shape index (κ2) is 8.87. The third-order valence-electron chi connectivity index (χ3n) is 5.66. The van der Waals surface area contributed by atoms with E-state index in [9.17, 15) is 9.00 Å². The highest BCUT2D eigenvalue weighted by Gasteiger charge is 2.29. The molecule has 1 N–H and O–H groups in total. The molecule has 1 aliphatic rings. The number of carbonyl (C=O) groups excluding carboxylic acids is 1. The molecular weight excluding hydrogens is 358 g/mol. The van der Waals surface area contributed by atoms with Gasteiger partial charge in [0.1, 0.15) is 5.76 Å². The lowest BCUT2D eigenvalue weighted by Gasteiger charge is -2.34. The third-order valence-corrected chi connectivity index (χ3v) is 6.92. The van der Waals surface area contributed by atoms with E-state index in [1.54, 1.807) is 12.1 Å². The van der Waals surface area contributed by atoms with Crippen LogP contribution in [-0.2, 0) is 22.3 Å². The van der Waals surface area contributed by atoms with Crippen molar-refractivity contribution in [1.82, 2.24) is 5.32 Å². The van der Waals surface area contributed by atoms with Crippen LogP contribution in [0.15, 0.2) is 40.8 Å². The first-order valence-corrected chi connectivity index (χ1v) is 11.2. The van der Waals surface area contributed by atoms with Crippen molar-refractivity contribution in [2.45, 2.75) is 57.6 Å². The molecule has 1 aromatic heterocycles. The highest BCUT2D eigenvalue weighted by molar-refractivity contribution is 7.83. The van der Waals surface area contributed by atoms with Gasteiger partial charge in [0, 0.05) is 22.6 Å². The van der Waals surface area contributed by atoms with Crippen molar-refractivity contribution in [3.8, 4) is 0 Å². The summed E-state index contributed by atoms with van der Waals surface area (Å²) in [7, 11) is -1.07. The molecule has 0 bridgehead atoms. The molecule has 0 radical (unpaired) electrons. The summed E-state index contributed by atoms with van der Waals surface area (Å²) in [6.45, 7) is 6.48. The lowest BCUT2D eigenvalue weighted by Crippen LogP contribution is -2.43. The van der Waals surface area contributed by atoms with Gasteiger partial charge in [-0.05, 0) is 42.9 Å². The van der Waals surface area contributed by atoms with Crippen molar-refractivity contribution in [3.05, 3.63) is 59.0 Å². The predicted octanol–water partition coefficient (Wildman–Crippen LogP) is 4.59. The standard InChI is InChI=1S/C22H29NO3S/c1-15-7-9-18(10-8-15)13-27(25)14-19-11-12-21(26-19)22(24)23-20-6-4-5-16(2)17(20)3/h7-12,16-17,20H,4-6,13-14H2,1-3H3,(H,23,24)/t16-,17-,20-,27+/m1/s1. The number of carbonyl (C=O) groups is 1. The van der Waals surface area contributed by atoms with Gasteiger partial charge in [0.15, 0.2) is 5.76 Å². The van der Waals surface area contributed by atoms with E-state index in [1.165, 1.54) is 12.0 Å². The number of hydrogen-bond acceptors (Lipinski definition) is 3. The summed E-state index contributed by atoms with van der Waals surface area (Å²) < 4.78 is 18.1. The van der Waals surface area contributed by atoms with E-state index in [1.807, 2.05) is 31.2 Å². The molecule has 1 saturated carbocycles. The first-order valence-electron chi connectivity index (χ1n) is 9.72. The minimum Gasteiger partial charge on any atom is -0.455 e. The molecule has 146 valence electrons. The van der Waals surface area contributed by atoms with Crippen LogP contribution < -0.4 is 5.32 Å². The number of rotatable bonds is 6. The molecule has 1 fully saturated rings. The Morgan fingerprint density at radius 1 is 1.11 bits per heavy atom. The highest BCUT2D eigenvalue weighted by Crippen LogP contribution is 2.29. The van der Waals surface area contributed by atoms with Crippen LogP contribution in [-0.4, -0.2) is 16.2 Å². The number of hydrogen-bond donors (Lipinski definition) is 1. The molecule has 5 heteroatoms. The van der Waals surface area contributed by atoms with E-state index < -0.39 is 10.8 Å². The lowest BCUT2D eigenvalue weighted by atomic mass is 9.78. The fourth-order valence-electron chi connectivity index (χ4n) is 3.68. The van der Waals surface area contributed by atoms with Gasteiger partial charge < -0.3 is 9.73 Å². The largest absolute Gasteiger partial charge is 0.455 e. The molecule has 27 heavy (non-hydrogen) atoms. The first kappa shape index (κ1) is 19.9. The summed E-state index contributed by atoms with van der Waals surface area (Å²) >= 11 is 0. The summed E-state index contributed by atoms with van der Waals surface area (Å²) in [5.74, 6) is 2.63. The average molecular weight is 388 g/mol. The van der Waals surface area contributed by atoms with Crippen LogP contribution >= 0.6 is 0 Å². The SMILES string of the molecule is Cc1ccc(C[S@](=O)Cc2ccc(C(=O)N[C@@H]3CCC[C@@H](C)[C@H]3C)o2)cc1. The molecule has 4 atom stereocenters. The van der Waals surface area contributed by atoms with Gasteiger partial charge in [-0.3, -0.25) is 9.00 Å². The molecule has 0 aliphatic heterocycles. The van der Waals surface area contributed by atoms with Gasteiger partial charge >= 0.3 is 0 Å². The number of furan rings is 1. The van der Waals surface area contributed by atoms with Crippen LogP contribution in [0.25, 0.3) is 0 Å². The Balaban J connectivity index is 1.55. The highest BCUT2D eigenvalue weighted by atomic mass is 32.2. The first-order chi connectivity index (χ1) is 12.9. The molecule has 1 amide bonds. The fraction of sp³-hybridized carbons (Fsp3) is 0.500. The van der Waals surface area contributed by atoms with Crippen molar-refractivity contribution >= 4 is 16.7 Å². The Kier molecular flexibility index (Phi) is 6.53. The molecule has 1 heterocycles. The zero-order valence-corrected chi connectivity index (χ0v) is 17.2. The van der Waals surface area contributed by atoms with Crippen molar-refractivity contribution in [2.75, 3.05) is 0 Å². The van der Waals surface area contributed by atoms with Crippen LogP contribution in [0.5, 0.6) is 0 Å². The normalized spacial score (nSPS) is 23.7. The quantitative estimate of drug-likeness (QED) is 0.788. The maximum absolute atomic E-state index is 12.5. The van der Waals surface area contributed by atoms with Crippen LogP contribution in [0.2, 0.25) is 0 Å². The van der Waals surface area contributed by atoms with Crippen molar-refractivity contribution in [3.63, 3.8) is 0 Å². The summed E-state index contributed by atoms with van der Waals surface area (Å²) in [6, 6.07) is 11.7. The van der Waals surface area contributed by atoms with Gasteiger partial charge in [0.2, 0.25) is 0 Å². The summed E-state index contributed by atoms with van der Waals surface area (Å²) in [5.41, 5.74) is 2.23. The monoisotopic (exact) mass is 387 g/mol.